The van der Waals surface area contributed by atoms with Crippen molar-refractivity contribution in [1.82, 2.24) is 26.3 Å². The highest BCUT2D eigenvalue weighted by Gasteiger charge is 2.31. The van der Waals surface area contributed by atoms with E-state index < -0.39 is 35.9 Å². The molecule has 0 saturated carbocycles. The third-order valence-electron chi connectivity index (χ3n) is 6.29. The number of carboxylic acids is 1. The maximum atomic E-state index is 13.5. The summed E-state index contributed by atoms with van der Waals surface area (Å²) in [7, 11) is 1.50. The molecule has 0 fully saturated rings. The molecule has 13 nitrogen and oxygen atoms in total. The number of rotatable bonds is 7. The van der Waals surface area contributed by atoms with Gasteiger partial charge in [0, 0.05) is 33.4 Å². The van der Waals surface area contributed by atoms with E-state index in [2.05, 4.69) is 26.3 Å². The minimum Gasteiger partial charge on any atom is -0.481 e. The summed E-state index contributed by atoms with van der Waals surface area (Å²) >= 11 is 0. The van der Waals surface area contributed by atoms with Gasteiger partial charge in [-0.25, -0.2) is 4.98 Å². The van der Waals surface area contributed by atoms with E-state index in [4.69, 9.17) is 19.1 Å². The number of hydrogen-bond donors (Lipinski definition) is 5. The van der Waals surface area contributed by atoms with E-state index in [-0.39, 0.29) is 42.3 Å². The Kier molecular flexibility index (Phi) is 14.2. The molecule has 3 rings (SSSR count). The number of nitrogens with zero attached hydrogens (tertiary/aromatic N) is 1. The van der Waals surface area contributed by atoms with Crippen molar-refractivity contribution >= 4 is 29.6 Å². The highest BCUT2D eigenvalue weighted by Crippen LogP contribution is 2.20. The summed E-state index contributed by atoms with van der Waals surface area (Å²) < 4.78 is 10.6. The summed E-state index contributed by atoms with van der Waals surface area (Å²) in [5.41, 5.74) is 1.05. The lowest BCUT2D eigenvalue weighted by Crippen LogP contribution is -2.56. The largest absolute Gasteiger partial charge is 0.481 e. The molecule has 1 aliphatic rings. The lowest BCUT2D eigenvalue weighted by atomic mass is 10.00. The van der Waals surface area contributed by atoms with E-state index in [0.717, 1.165) is 12.5 Å². The summed E-state index contributed by atoms with van der Waals surface area (Å²) in [6.07, 6.45) is 3.25. The van der Waals surface area contributed by atoms with Crippen LogP contribution >= 0.6 is 0 Å². The third kappa shape index (κ3) is 11.7. The zero-order valence-corrected chi connectivity index (χ0v) is 24.5. The molecule has 2 heterocycles. The van der Waals surface area contributed by atoms with Crippen LogP contribution in [0.3, 0.4) is 0 Å². The van der Waals surface area contributed by atoms with Gasteiger partial charge in [-0.3, -0.25) is 24.0 Å². The van der Waals surface area contributed by atoms with Crippen LogP contribution in [0.25, 0.3) is 0 Å². The molecule has 1 aromatic carbocycles. The molecule has 0 saturated heterocycles. The van der Waals surface area contributed by atoms with Crippen LogP contribution in [0.1, 0.15) is 74.4 Å². The number of ether oxygens (including phenoxy) is 1. The minimum absolute atomic E-state index is 0.114. The molecule has 3 atom stereocenters. The van der Waals surface area contributed by atoms with Crippen molar-refractivity contribution in [3.8, 4) is 0 Å². The molecule has 42 heavy (non-hydrogen) atoms. The Morgan fingerprint density at radius 3 is 2.45 bits per heavy atom. The predicted octanol–water partition coefficient (Wildman–Crippen LogP) is 1.74. The monoisotopic (exact) mass is 587 g/mol. The molecule has 230 valence electrons. The number of fused-ring (bicyclic) bond motifs is 2. The first-order chi connectivity index (χ1) is 20.0. The van der Waals surface area contributed by atoms with Gasteiger partial charge in [-0.15, -0.1) is 0 Å². The number of carbonyl (C=O) groups excluding carboxylic acids is 4. The lowest BCUT2D eigenvalue weighted by Gasteiger charge is -2.27. The number of hydrogen-bond acceptors (Lipinski definition) is 8. The molecule has 1 aromatic heterocycles. The van der Waals surface area contributed by atoms with Crippen LogP contribution in [-0.2, 0) is 30.3 Å². The highest BCUT2D eigenvalue weighted by molar-refractivity contribution is 5.93. The van der Waals surface area contributed by atoms with E-state index >= 15 is 0 Å². The first-order valence-electron chi connectivity index (χ1n) is 13.9. The van der Waals surface area contributed by atoms with Crippen molar-refractivity contribution in [2.45, 2.75) is 71.0 Å². The first-order valence-corrected chi connectivity index (χ1v) is 13.9. The molecular weight excluding hydrogens is 546 g/mol. The summed E-state index contributed by atoms with van der Waals surface area (Å²) in [5.74, 6) is -2.46. The molecule has 0 unspecified atom stereocenters. The van der Waals surface area contributed by atoms with Gasteiger partial charge in [-0.05, 0) is 30.7 Å². The maximum Gasteiger partial charge on any atom is 0.300 e. The molecule has 0 spiro atoms. The Bertz CT molecular complexity index is 1180. The van der Waals surface area contributed by atoms with Crippen molar-refractivity contribution in [1.29, 1.82) is 0 Å². The molecule has 0 radical (unpaired) electrons. The van der Waals surface area contributed by atoms with Gasteiger partial charge in [0.2, 0.25) is 23.6 Å². The molecule has 2 aromatic rings. The van der Waals surface area contributed by atoms with E-state index in [1.165, 1.54) is 13.4 Å². The topological polar surface area (TPSA) is 189 Å². The van der Waals surface area contributed by atoms with Gasteiger partial charge < -0.3 is 35.5 Å². The Morgan fingerprint density at radius 2 is 1.81 bits per heavy atom. The molecule has 4 amide bonds. The smallest absolute Gasteiger partial charge is 0.300 e. The average Bonchev–Trinajstić information content (AvgIpc) is 3.43. The molecule has 5 N–H and O–H groups in total. The quantitative estimate of drug-likeness (QED) is 0.321. The van der Waals surface area contributed by atoms with Crippen LogP contribution in [0.15, 0.2) is 41.0 Å². The minimum atomic E-state index is -0.871. The highest BCUT2D eigenvalue weighted by atomic mass is 16.5. The van der Waals surface area contributed by atoms with E-state index in [9.17, 15) is 19.2 Å². The molecule has 1 aliphatic heterocycles. The average molecular weight is 588 g/mol. The van der Waals surface area contributed by atoms with E-state index in [0.29, 0.717) is 32.2 Å². The fourth-order valence-corrected chi connectivity index (χ4v) is 4.15. The lowest BCUT2D eigenvalue weighted by molar-refractivity contribution is -0.134. The summed E-state index contributed by atoms with van der Waals surface area (Å²) in [4.78, 5) is 65.0. The van der Waals surface area contributed by atoms with Gasteiger partial charge in [-0.1, -0.05) is 44.2 Å². The maximum absolute atomic E-state index is 13.5. The number of aliphatic carboxylic acids is 1. The Hall–Kier alpha value is -4.26. The van der Waals surface area contributed by atoms with Crippen molar-refractivity contribution < 1.29 is 38.2 Å². The second kappa shape index (κ2) is 17.5. The number of carbonyl (C=O) groups is 5. The standard InChI is InChI=1S/C27H37N5O6.C2H4O2/c1-17(2)23-26(36)30-20(15-18-9-5-4-6-10-18)27-31-21(16-38-27)24(34)28-13-8-7-11-19(25(35)32-23)29-22(33)12-14-37-3;1-2(3)4/h4-6,9-10,16-17,19-20,23H,7-8,11-15H2,1-3H3,(H,28,34)(H,29,33)(H,30,36)(H,32,35);1H3,(H,3,4)/t19-,20+,23-;/m0./s1. The van der Waals surface area contributed by atoms with Crippen LogP contribution in [0.5, 0.6) is 0 Å². The Labute approximate surface area is 245 Å². The van der Waals surface area contributed by atoms with E-state index in [1.807, 2.05) is 44.2 Å². The molecule has 13 heteroatoms. The second-order valence-electron chi connectivity index (χ2n) is 10.2. The number of oxazole rings is 1. The number of carboxylic acid groups (broad SMARTS) is 1. The van der Waals surface area contributed by atoms with E-state index in [1.54, 1.807) is 0 Å². The van der Waals surface area contributed by atoms with Gasteiger partial charge >= 0.3 is 0 Å². The van der Waals surface area contributed by atoms with Gasteiger partial charge in [0.05, 0.1) is 6.61 Å². The fraction of sp³-hybridized carbons (Fsp3) is 0.517. The number of amides is 4. The van der Waals surface area contributed by atoms with Gasteiger partial charge in [0.15, 0.2) is 5.69 Å². The molecular formula is C29H41N5O8. The first kappa shape index (κ1) is 33.9. The summed E-state index contributed by atoms with van der Waals surface area (Å²) in [5, 5.41) is 18.7. The fourth-order valence-electron chi connectivity index (χ4n) is 4.15. The van der Waals surface area contributed by atoms with Crippen molar-refractivity contribution in [2.24, 2.45) is 5.92 Å². The normalized spacial score (nSPS) is 19.9. The van der Waals surface area contributed by atoms with Crippen molar-refractivity contribution in [3.63, 3.8) is 0 Å². The van der Waals surface area contributed by atoms with Gasteiger partial charge in [-0.2, -0.15) is 0 Å². The van der Waals surface area contributed by atoms with Gasteiger partial charge in [0.1, 0.15) is 24.4 Å². The summed E-state index contributed by atoms with van der Waals surface area (Å²) in [6.45, 7) is 5.34. The zero-order chi connectivity index (χ0) is 31.1. The van der Waals surface area contributed by atoms with Crippen LogP contribution in [-0.4, -0.2) is 72.0 Å². The predicted molar refractivity (Wildman–Crippen MR) is 152 cm³/mol. The van der Waals surface area contributed by atoms with Crippen LogP contribution in [0.4, 0.5) is 0 Å². The summed E-state index contributed by atoms with van der Waals surface area (Å²) in [6, 6.07) is 7.12. The number of aromatic nitrogens is 1. The van der Waals surface area contributed by atoms with Gasteiger partial charge in [0.25, 0.3) is 11.9 Å². The number of nitrogens with one attached hydrogen (secondary N) is 4. The Balaban J connectivity index is 0.00000144. The Morgan fingerprint density at radius 1 is 1.12 bits per heavy atom. The van der Waals surface area contributed by atoms with Crippen molar-refractivity contribution in [3.05, 3.63) is 53.7 Å². The van der Waals surface area contributed by atoms with Crippen LogP contribution < -0.4 is 21.3 Å². The number of methoxy groups -OCH3 is 1. The third-order valence-corrected chi connectivity index (χ3v) is 6.29. The second-order valence-corrected chi connectivity index (χ2v) is 10.2. The van der Waals surface area contributed by atoms with Crippen LogP contribution in [0.2, 0.25) is 0 Å². The number of benzene rings is 1. The van der Waals surface area contributed by atoms with Crippen LogP contribution in [0, 0.1) is 5.92 Å². The van der Waals surface area contributed by atoms with Crippen molar-refractivity contribution in [2.75, 3.05) is 20.3 Å². The molecule has 0 aliphatic carbocycles. The SMILES string of the molecule is CC(=O)O.COCCC(=O)N[C@H]1CCCCNC(=O)c2coc(n2)[C@@H](Cc2ccccc2)NC(=O)[C@H](C(C)C)NC1=O. The molecule has 2 bridgehead atoms. The zero-order valence-electron chi connectivity index (χ0n) is 24.5.